The van der Waals surface area contributed by atoms with E-state index in [0.29, 0.717) is 28.4 Å². The number of ether oxygens (including phenoxy) is 2. The summed E-state index contributed by atoms with van der Waals surface area (Å²) in [5.74, 6) is 1.47. The topological polar surface area (TPSA) is 128 Å². The van der Waals surface area contributed by atoms with E-state index in [9.17, 15) is 4.79 Å². The van der Waals surface area contributed by atoms with Gasteiger partial charge < -0.3 is 14.8 Å². The highest BCUT2D eigenvalue weighted by molar-refractivity contribution is 6.04. The number of anilines is 1. The number of aromatic nitrogens is 6. The first-order valence-corrected chi connectivity index (χ1v) is 11.1. The Kier molecular flexibility index (Phi) is 6.57. The maximum atomic E-state index is 12.7. The number of rotatable bonds is 8. The van der Waals surface area contributed by atoms with Gasteiger partial charge in [0, 0.05) is 23.6 Å². The summed E-state index contributed by atoms with van der Waals surface area (Å²) in [5, 5.41) is 16.6. The number of H-pyrrole nitrogens is 1. The van der Waals surface area contributed by atoms with Crippen LogP contribution in [0.5, 0.6) is 17.4 Å². The highest BCUT2D eigenvalue weighted by Crippen LogP contribution is 2.28. The van der Waals surface area contributed by atoms with Crippen LogP contribution in [0.15, 0.2) is 91.3 Å². The molecule has 3 aromatic carbocycles. The zero-order valence-corrected chi connectivity index (χ0v) is 19.2. The van der Waals surface area contributed by atoms with Crippen molar-refractivity contribution in [1.82, 2.24) is 30.6 Å². The zero-order chi connectivity index (χ0) is 24.7. The number of nitrogens with zero attached hydrogens (tertiary/aromatic N) is 5. The van der Waals surface area contributed by atoms with E-state index >= 15 is 0 Å². The summed E-state index contributed by atoms with van der Waals surface area (Å²) in [7, 11) is 0. The van der Waals surface area contributed by atoms with Crippen molar-refractivity contribution >= 4 is 11.6 Å². The summed E-state index contributed by atoms with van der Waals surface area (Å²) in [5.41, 5.74) is 2.56. The van der Waals surface area contributed by atoms with Crippen molar-refractivity contribution in [2.75, 3.05) is 5.32 Å². The molecule has 10 nitrogen and oxygen atoms in total. The second-order valence-electron chi connectivity index (χ2n) is 7.72. The molecule has 5 aromatic rings. The second kappa shape index (κ2) is 10.4. The van der Waals surface area contributed by atoms with E-state index in [1.807, 2.05) is 37.3 Å². The molecular weight excluding hydrogens is 458 g/mol. The smallest absolute Gasteiger partial charge is 0.255 e. The maximum absolute atomic E-state index is 12.7. The maximum Gasteiger partial charge on any atom is 0.255 e. The van der Waals surface area contributed by atoms with Gasteiger partial charge in [0.2, 0.25) is 11.7 Å². The van der Waals surface area contributed by atoms with E-state index in [1.165, 1.54) is 12.4 Å². The summed E-state index contributed by atoms with van der Waals surface area (Å²) < 4.78 is 11.8. The highest BCUT2D eigenvalue weighted by atomic mass is 16.5. The van der Waals surface area contributed by atoms with Crippen molar-refractivity contribution in [1.29, 1.82) is 0 Å². The Labute approximate surface area is 206 Å². The molecule has 0 fully saturated rings. The van der Waals surface area contributed by atoms with Gasteiger partial charge in [0.1, 0.15) is 17.6 Å². The van der Waals surface area contributed by atoms with Crippen LogP contribution in [0.4, 0.5) is 5.69 Å². The molecule has 2 aromatic heterocycles. The first-order chi connectivity index (χ1) is 17.7. The van der Waals surface area contributed by atoms with E-state index in [2.05, 4.69) is 35.9 Å². The summed E-state index contributed by atoms with van der Waals surface area (Å²) >= 11 is 0. The first-order valence-electron chi connectivity index (χ1n) is 11.1. The molecule has 0 spiro atoms. The van der Waals surface area contributed by atoms with E-state index < -0.39 is 0 Å². The average Bonchev–Trinajstić information content (AvgIpc) is 3.46. The molecule has 1 unspecified atom stereocenters. The Morgan fingerprint density at radius 2 is 1.61 bits per heavy atom. The molecule has 36 heavy (non-hydrogen) atoms. The number of hydrogen-bond acceptors (Lipinski definition) is 8. The normalized spacial score (nSPS) is 11.5. The Morgan fingerprint density at radius 3 is 2.33 bits per heavy atom. The van der Waals surface area contributed by atoms with Crippen LogP contribution in [0, 0.1) is 0 Å². The van der Waals surface area contributed by atoms with Crippen LogP contribution in [-0.4, -0.2) is 36.5 Å². The quantitative estimate of drug-likeness (QED) is 0.324. The molecule has 0 saturated heterocycles. The number of carbonyl (C=O) groups excluding carboxylic acids is 1. The molecule has 5 rings (SSSR count). The molecule has 0 bridgehead atoms. The molecule has 1 atom stereocenters. The number of benzene rings is 3. The largest absolute Gasteiger partial charge is 0.486 e. The standard InChI is InChI=1S/C26H21N7O3/c1-17(18-5-3-2-4-6-18)35-21-11-7-19(8-12-21)25(34)29-20-9-13-22(14-10-20)36-26-23(27-15-16-28-26)24-30-32-33-31-24/h2-17H,1H3,(H,29,34)(H,30,31,32,33). The third-order valence-corrected chi connectivity index (χ3v) is 5.25. The number of carbonyl (C=O) groups is 1. The molecule has 0 radical (unpaired) electrons. The first kappa shape index (κ1) is 22.7. The molecule has 0 saturated carbocycles. The lowest BCUT2D eigenvalue weighted by Gasteiger charge is -2.15. The van der Waals surface area contributed by atoms with E-state index in [-0.39, 0.29) is 23.7 Å². The minimum atomic E-state index is -0.236. The predicted molar refractivity (Wildman–Crippen MR) is 132 cm³/mol. The lowest BCUT2D eigenvalue weighted by molar-refractivity contribution is 0.102. The fourth-order valence-corrected chi connectivity index (χ4v) is 3.42. The number of aromatic amines is 1. The van der Waals surface area contributed by atoms with Gasteiger partial charge in [0.15, 0.2) is 5.69 Å². The fourth-order valence-electron chi connectivity index (χ4n) is 3.42. The van der Waals surface area contributed by atoms with Crippen LogP contribution in [0.25, 0.3) is 11.5 Å². The van der Waals surface area contributed by atoms with Crippen LogP contribution in [0.3, 0.4) is 0 Å². The van der Waals surface area contributed by atoms with E-state index in [1.54, 1.807) is 48.5 Å². The molecule has 1 amide bonds. The molecule has 0 aliphatic carbocycles. The van der Waals surface area contributed by atoms with Crippen LogP contribution in [0.2, 0.25) is 0 Å². The van der Waals surface area contributed by atoms with Gasteiger partial charge in [0.05, 0.1) is 0 Å². The number of nitrogens with one attached hydrogen (secondary N) is 2. The van der Waals surface area contributed by atoms with E-state index in [4.69, 9.17) is 9.47 Å². The van der Waals surface area contributed by atoms with E-state index in [0.717, 1.165) is 5.56 Å². The van der Waals surface area contributed by atoms with Gasteiger partial charge in [-0.3, -0.25) is 4.79 Å². The zero-order valence-electron chi connectivity index (χ0n) is 19.2. The fraction of sp³-hybridized carbons (Fsp3) is 0.0769. The van der Waals surface area contributed by atoms with Gasteiger partial charge in [0.25, 0.3) is 5.91 Å². The van der Waals surface area contributed by atoms with Gasteiger partial charge in [-0.2, -0.15) is 5.21 Å². The van der Waals surface area contributed by atoms with Crippen molar-refractivity contribution in [3.8, 4) is 28.9 Å². The lowest BCUT2D eigenvalue weighted by Crippen LogP contribution is -2.11. The van der Waals surface area contributed by atoms with Crippen LogP contribution in [-0.2, 0) is 0 Å². The number of hydrogen-bond donors (Lipinski definition) is 2. The summed E-state index contributed by atoms with van der Waals surface area (Å²) in [6.45, 7) is 1.99. The third-order valence-electron chi connectivity index (χ3n) is 5.25. The predicted octanol–water partition coefficient (Wildman–Crippen LogP) is 4.84. The lowest BCUT2D eigenvalue weighted by atomic mass is 10.1. The highest BCUT2D eigenvalue weighted by Gasteiger charge is 2.15. The van der Waals surface area contributed by atoms with Crippen molar-refractivity contribution in [3.05, 3.63) is 102 Å². The van der Waals surface area contributed by atoms with Gasteiger partial charge in [-0.1, -0.05) is 30.3 Å². The Bertz CT molecular complexity index is 1430. The second-order valence-corrected chi connectivity index (χ2v) is 7.72. The summed E-state index contributed by atoms with van der Waals surface area (Å²) in [6, 6.07) is 23.9. The minimum Gasteiger partial charge on any atom is -0.486 e. The molecule has 0 aliphatic rings. The number of amides is 1. The molecule has 0 aliphatic heterocycles. The van der Waals surface area contributed by atoms with Crippen molar-refractivity contribution in [2.24, 2.45) is 0 Å². The number of tetrazole rings is 1. The van der Waals surface area contributed by atoms with Crippen LogP contribution >= 0.6 is 0 Å². The summed E-state index contributed by atoms with van der Waals surface area (Å²) in [4.78, 5) is 21.1. The van der Waals surface area contributed by atoms with Gasteiger partial charge >= 0.3 is 0 Å². The minimum absolute atomic E-state index is 0.100. The Hall–Kier alpha value is -5.12. The van der Waals surface area contributed by atoms with Crippen LogP contribution < -0.4 is 14.8 Å². The van der Waals surface area contributed by atoms with Gasteiger partial charge in [-0.25, -0.2) is 9.97 Å². The molecule has 2 N–H and O–H groups in total. The molecule has 10 heteroatoms. The van der Waals surface area contributed by atoms with Crippen molar-refractivity contribution in [2.45, 2.75) is 13.0 Å². The van der Waals surface area contributed by atoms with Gasteiger partial charge in [-0.05, 0) is 66.2 Å². The average molecular weight is 480 g/mol. The Balaban J connectivity index is 1.20. The van der Waals surface area contributed by atoms with Crippen molar-refractivity contribution < 1.29 is 14.3 Å². The van der Waals surface area contributed by atoms with Crippen molar-refractivity contribution in [3.63, 3.8) is 0 Å². The molecular formula is C26H21N7O3. The van der Waals surface area contributed by atoms with Gasteiger partial charge in [-0.15, -0.1) is 10.2 Å². The molecule has 2 heterocycles. The Morgan fingerprint density at radius 1 is 0.889 bits per heavy atom. The summed E-state index contributed by atoms with van der Waals surface area (Å²) in [6.07, 6.45) is 2.92. The van der Waals surface area contributed by atoms with Crippen LogP contribution in [0.1, 0.15) is 28.9 Å². The monoisotopic (exact) mass is 479 g/mol. The SMILES string of the molecule is CC(Oc1ccc(C(=O)Nc2ccc(Oc3nccnc3-c3nn[nH]n3)cc2)cc1)c1ccccc1. The third kappa shape index (κ3) is 5.33. The molecule has 178 valence electrons.